The van der Waals surface area contributed by atoms with Gasteiger partial charge in [-0.1, -0.05) is 41.9 Å². The fraction of sp³-hybridized carbons (Fsp3) is 0.259. The number of carbonyl (C=O) groups is 1. The van der Waals surface area contributed by atoms with Gasteiger partial charge in [0.1, 0.15) is 17.3 Å². The summed E-state index contributed by atoms with van der Waals surface area (Å²) in [6, 6.07) is 24.9. The molecule has 34 heavy (non-hydrogen) atoms. The Morgan fingerprint density at radius 2 is 1.62 bits per heavy atom. The lowest BCUT2D eigenvalue weighted by Crippen LogP contribution is -2.30. The molecule has 0 saturated carbocycles. The lowest BCUT2D eigenvalue weighted by Gasteiger charge is -2.11. The van der Waals surface area contributed by atoms with Crippen LogP contribution in [0.25, 0.3) is 11.0 Å². The highest BCUT2D eigenvalue weighted by molar-refractivity contribution is 6.30. The smallest absolute Gasteiger partial charge is 0.257 e. The summed E-state index contributed by atoms with van der Waals surface area (Å²) in [6.45, 7) is 1.99. The molecule has 0 fully saturated rings. The van der Waals surface area contributed by atoms with Gasteiger partial charge in [0.25, 0.3) is 5.91 Å². The van der Waals surface area contributed by atoms with Crippen molar-refractivity contribution >= 4 is 28.5 Å². The third-order valence-corrected chi connectivity index (χ3v) is 5.61. The maximum atomic E-state index is 12.1. The van der Waals surface area contributed by atoms with Crippen LogP contribution in [-0.4, -0.2) is 35.2 Å². The predicted octanol–water partition coefficient (Wildman–Crippen LogP) is 5.29. The Morgan fingerprint density at radius 1 is 0.882 bits per heavy atom. The maximum absolute atomic E-state index is 12.1. The van der Waals surface area contributed by atoms with Gasteiger partial charge in [0.15, 0.2) is 6.61 Å². The van der Waals surface area contributed by atoms with Crippen molar-refractivity contribution in [3.8, 4) is 11.5 Å². The van der Waals surface area contributed by atoms with E-state index in [4.69, 9.17) is 26.1 Å². The highest BCUT2D eigenvalue weighted by Gasteiger charge is 2.11. The number of imidazole rings is 1. The zero-order valence-corrected chi connectivity index (χ0v) is 19.7. The molecule has 4 rings (SSSR count). The van der Waals surface area contributed by atoms with Gasteiger partial charge in [-0.2, -0.15) is 0 Å². The third kappa shape index (κ3) is 6.75. The van der Waals surface area contributed by atoms with Gasteiger partial charge < -0.3 is 19.4 Å². The van der Waals surface area contributed by atoms with Crippen LogP contribution in [0.15, 0.2) is 78.9 Å². The summed E-state index contributed by atoms with van der Waals surface area (Å²) in [4.78, 5) is 16.9. The zero-order valence-electron chi connectivity index (χ0n) is 19.0. The third-order valence-electron chi connectivity index (χ3n) is 5.35. The summed E-state index contributed by atoms with van der Waals surface area (Å²) in [6.07, 6.45) is 2.41. The minimum absolute atomic E-state index is 0.0101. The van der Waals surface area contributed by atoms with Crippen LogP contribution in [0.4, 0.5) is 0 Å². The van der Waals surface area contributed by atoms with Gasteiger partial charge in [-0.15, -0.1) is 0 Å². The van der Waals surface area contributed by atoms with Crippen molar-refractivity contribution in [1.82, 2.24) is 14.9 Å². The van der Waals surface area contributed by atoms with Gasteiger partial charge in [-0.05, 0) is 61.4 Å². The quantitative estimate of drug-likeness (QED) is 0.282. The topological polar surface area (TPSA) is 65.4 Å². The number of hydrogen-bond donors (Lipinski definition) is 1. The first-order valence-corrected chi connectivity index (χ1v) is 11.8. The molecular formula is C27H28ClN3O3. The molecule has 1 amide bonds. The average Bonchev–Trinajstić information content (AvgIpc) is 3.22. The molecule has 0 radical (unpaired) electrons. The number of halogens is 1. The van der Waals surface area contributed by atoms with E-state index in [1.54, 1.807) is 0 Å². The number of nitrogens with zero attached hydrogens (tertiary/aromatic N) is 2. The van der Waals surface area contributed by atoms with Crippen molar-refractivity contribution in [3.63, 3.8) is 0 Å². The second-order valence-electron chi connectivity index (χ2n) is 7.88. The average molecular weight is 478 g/mol. The van der Waals surface area contributed by atoms with Crippen molar-refractivity contribution in [2.75, 3.05) is 19.8 Å². The SMILES string of the molecule is O=C(COc1ccccc1)NCCCc1nc2ccccc2n1CCCOc1ccc(Cl)cc1. The number of amides is 1. The predicted molar refractivity (Wildman–Crippen MR) is 135 cm³/mol. The number of hydrogen-bond acceptors (Lipinski definition) is 4. The lowest BCUT2D eigenvalue weighted by molar-refractivity contribution is -0.123. The zero-order chi connectivity index (χ0) is 23.6. The van der Waals surface area contributed by atoms with Crippen LogP contribution in [0.2, 0.25) is 5.02 Å². The van der Waals surface area contributed by atoms with E-state index >= 15 is 0 Å². The maximum Gasteiger partial charge on any atom is 0.257 e. The molecule has 176 valence electrons. The summed E-state index contributed by atoms with van der Waals surface area (Å²) >= 11 is 5.93. The molecule has 0 bridgehead atoms. The van der Waals surface area contributed by atoms with Crippen LogP contribution < -0.4 is 14.8 Å². The van der Waals surface area contributed by atoms with E-state index in [0.29, 0.717) is 23.9 Å². The molecule has 1 aromatic heterocycles. The fourth-order valence-electron chi connectivity index (χ4n) is 3.70. The number of carbonyl (C=O) groups excluding carboxylic acids is 1. The van der Waals surface area contributed by atoms with Crippen molar-refractivity contribution < 1.29 is 14.3 Å². The molecule has 0 aliphatic heterocycles. The van der Waals surface area contributed by atoms with Crippen LogP contribution in [0.1, 0.15) is 18.7 Å². The van der Waals surface area contributed by atoms with Gasteiger partial charge in [0.2, 0.25) is 0 Å². The molecular weight excluding hydrogens is 450 g/mol. The molecule has 0 aliphatic carbocycles. The van der Waals surface area contributed by atoms with Gasteiger partial charge >= 0.3 is 0 Å². The number of ether oxygens (including phenoxy) is 2. The van der Waals surface area contributed by atoms with E-state index in [9.17, 15) is 4.79 Å². The molecule has 6 nitrogen and oxygen atoms in total. The monoisotopic (exact) mass is 477 g/mol. The van der Waals surface area contributed by atoms with Crippen LogP contribution in [-0.2, 0) is 17.8 Å². The number of benzene rings is 3. The molecule has 0 saturated heterocycles. The van der Waals surface area contributed by atoms with E-state index < -0.39 is 0 Å². The van der Waals surface area contributed by atoms with Crippen molar-refractivity contribution in [3.05, 3.63) is 89.7 Å². The van der Waals surface area contributed by atoms with Gasteiger partial charge in [-0.25, -0.2) is 4.98 Å². The van der Waals surface area contributed by atoms with Crippen molar-refractivity contribution in [2.45, 2.75) is 25.8 Å². The van der Waals surface area contributed by atoms with Crippen LogP contribution in [0.3, 0.4) is 0 Å². The number of aromatic nitrogens is 2. The second-order valence-corrected chi connectivity index (χ2v) is 8.32. The molecule has 1 heterocycles. The van der Waals surface area contributed by atoms with E-state index in [1.165, 1.54) is 0 Å². The summed E-state index contributed by atoms with van der Waals surface area (Å²) in [5.41, 5.74) is 2.10. The van der Waals surface area contributed by atoms with Gasteiger partial charge in [0, 0.05) is 24.5 Å². The van der Waals surface area contributed by atoms with Crippen molar-refractivity contribution in [2.24, 2.45) is 0 Å². The molecule has 1 N–H and O–H groups in total. The Kier molecular flexibility index (Phi) is 8.41. The largest absolute Gasteiger partial charge is 0.494 e. The van der Waals surface area contributed by atoms with Crippen molar-refractivity contribution in [1.29, 1.82) is 0 Å². The highest BCUT2D eigenvalue weighted by Crippen LogP contribution is 2.19. The fourth-order valence-corrected chi connectivity index (χ4v) is 3.83. The van der Waals surface area contributed by atoms with E-state index in [-0.39, 0.29) is 12.5 Å². The normalized spacial score (nSPS) is 10.9. The first kappa shape index (κ1) is 23.6. The Morgan fingerprint density at radius 3 is 2.44 bits per heavy atom. The van der Waals surface area contributed by atoms with Crippen LogP contribution in [0.5, 0.6) is 11.5 Å². The lowest BCUT2D eigenvalue weighted by atomic mass is 10.2. The summed E-state index contributed by atoms with van der Waals surface area (Å²) < 4.78 is 13.6. The van der Waals surface area contributed by atoms with E-state index in [0.717, 1.165) is 48.4 Å². The molecule has 0 aliphatic rings. The summed E-state index contributed by atoms with van der Waals surface area (Å²) in [5, 5.41) is 3.62. The van der Waals surface area contributed by atoms with E-state index in [1.807, 2.05) is 72.8 Å². The van der Waals surface area contributed by atoms with Gasteiger partial charge in [-0.3, -0.25) is 4.79 Å². The molecule has 7 heteroatoms. The number of rotatable bonds is 12. The first-order chi connectivity index (χ1) is 16.7. The molecule has 3 aromatic carbocycles. The first-order valence-electron chi connectivity index (χ1n) is 11.5. The Bertz CT molecular complexity index is 1190. The minimum Gasteiger partial charge on any atom is -0.494 e. The van der Waals surface area contributed by atoms with Gasteiger partial charge in [0.05, 0.1) is 17.6 Å². The van der Waals surface area contributed by atoms with Crippen LogP contribution >= 0.6 is 11.6 Å². The summed E-state index contributed by atoms with van der Waals surface area (Å²) in [7, 11) is 0. The number of nitrogens with one attached hydrogen (secondary N) is 1. The molecule has 4 aromatic rings. The molecule has 0 unspecified atom stereocenters. The second kappa shape index (κ2) is 12.1. The molecule has 0 atom stereocenters. The Hall–Kier alpha value is -3.51. The van der Waals surface area contributed by atoms with Crippen LogP contribution in [0, 0.1) is 0 Å². The minimum atomic E-state index is -0.128. The Labute approximate surface area is 204 Å². The number of para-hydroxylation sites is 3. The standard InChI is InChI=1S/C27H28ClN3O3/c28-21-13-15-23(16-14-21)33-19-7-18-31-25-11-5-4-10-24(25)30-26(31)12-6-17-29-27(32)20-34-22-8-2-1-3-9-22/h1-5,8-11,13-16H,6-7,12,17-20H2,(H,29,32). The molecule has 0 spiro atoms. The number of fused-ring (bicyclic) bond motifs is 1. The number of aryl methyl sites for hydroxylation is 2. The Balaban J connectivity index is 1.25. The van der Waals surface area contributed by atoms with E-state index in [2.05, 4.69) is 16.0 Å². The highest BCUT2D eigenvalue weighted by atomic mass is 35.5. The summed E-state index contributed by atoms with van der Waals surface area (Å²) in [5.74, 6) is 2.39.